The third kappa shape index (κ3) is 3.26. The van der Waals surface area contributed by atoms with E-state index in [1.807, 2.05) is 0 Å². The molecule has 1 radical (unpaired) electrons. The number of hydrogen-bond donors (Lipinski definition) is 0. The summed E-state index contributed by atoms with van der Waals surface area (Å²) in [6, 6.07) is 11.1. The van der Waals surface area contributed by atoms with Crippen molar-refractivity contribution < 1.29 is 0 Å². The molecule has 101 valence electrons. The van der Waals surface area contributed by atoms with E-state index in [2.05, 4.69) is 71.9 Å². The lowest BCUT2D eigenvalue weighted by atomic mass is 10.0. The quantitative estimate of drug-likeness (QED) is 0.585. The minimum atomic E-state index is -0.430. The van der Waals surface area contributed by atoms with E-state index in [0.717, 1.165) is 11.1 Å². The predicted molar refractivity (Wildman–Crippen MR) is 84.7 cm³/mol. The van der Waals surface area contributed by atoms with Gasteiger partial charge in [0, 0.05) is 0 Å². The summed E-state index contributed by atoms with van der Waals surface area (Å²) >= 11 is 0. The average molecular weight is 262 g/mol. The van der Waals surface area contributed by atoms with Gasteiger partial charge >= 0.3 is 0 Å². The summed E-state index contributed by atoms with van der Waals surface area (Å²) in [6.07, 6.45) is 2.63. The molecule has 2 atom stereocenters. The lowest BCUT2D eigenvalue weighted by Gasteiger charge is -2.41. The predicted octanol–water partition coefficient (Wildman–Crippen LogP) is 5.60. The molecule has 0 aliphatic carbocycles. The van der Waals surface area contributed by atoms with Crippen LogP contribution in [-0.2, 0) is 5.04 Å². The second-order valence-corrected chi connectivity index (χ2v) is 10.2. The normalized spacial score (nSPS) is 15.7. The second-order valence-electron chi connectivity index (χ2n) is 6.06. The van der Waals surface area contributed by atoms with E-state index in [9.17, 15) is 0 Å². The van der Waals surface area contributed by atoms with Gasteiger partial charge in [-0.15, -0.1) is 0 Å². The first-order chi connectivity index (χ1) is 8.45. The van der Waals surface area contributed by atoms with Crippen molar-refractivity contribution in [1.82, 2.24) is 0 Å². The minimum absolute atomic E-state index is 0.358. The van der Waals surface area contributed by atoms with Gasteiger partial charge in [0.2, 0.25) is 0 Å². The first-order valence-electron chi connectivity index (χ1n) is 7.37. The molecule has 18 heavy (non-hydrogen) atoms. The van der Waals surface area contributed by atoms with E-state index in [1.165, 1.54) is 18.4 Å². The Morgan fingerprint density at radius 1 is 0.944 bits per heavy atom. The lowest BCUT2D eigenvalue weighted by Crippen LogP contribution is -2.43. The smallest absolute Gasteiger partial charge is 0.0654 e. The molecule has 0 spiro atoms. The maximum absolute atomic E-state index is 2.47. The second kappa shape index (κ2) is 6.56. The van der Waals surface area contributed by atoms with Crippen LogP contribution < -0.4 is 0 Å². The molecule has 1 heteroatoms. The van der Waals surface area contributed by atoms with Gasteiger partial charge in [-0.2, -0.15) is 0 Å². The Morgan fingerprint density at radius 2 is 1.39 bits per heavy atom. The Labute approximate surface area is 115 Å². The van der Waals surface area contributed by atoms with Crippen molar-refractivity contribution >= 4 is 8.80 Å². The van der Waals surface area contributed by atoms with Crippen molar-refractivity contribution in [2.75, 3.05) is 0 Å². The molecule has 0 heterocycles. The number of rotatable bonds is 6. The van der Waals surface area contributed by atoms with Crippen LogP contribution >= 0.6 is 0 Å². The fourth-order valence-electron chi connectivity index (χ4n) is 3.18. The van der Waals surface area contributed by atoms with Gasteiger partial charge in [-0.05, 0) is 21.7 Å². The zero-order chi connectivity index (χ0) is 13.8. The van der Waals surface area contributed by atoms with Crippen molar-refractivity contribution in [3.8, 4) is 0 Å². The summed E-state index contributed by atoms with van der Waals surface area (Å²) < 4.78 is 0. The number of hydrogen-bond acceptors (Lipinski definition) is 0. The van der Waals surface area contributed by atoms with Crippen LogP contribution in [0, 0.1) is 0 Å². The Bertz CT molecular complexity index is 332. The van der Waals surface area contributed by atoms with Crippen LogP contribution in [0.15, 0.2) is 30.3 Å². The fourth-order valence-corrected chi connectivity index (χ4v) is 7.99. The highest BCUT2D eigenvalue weighted by Crippen LogP contribution is 2.40. The summed E-state index contributed by atoms with van der Waals surface area (Å²) in [5, 5.41) is 0.358. The van der Waals surface area contributed by atoms with E-state index >= 15 is 0 Å². The first kappa shape index (κ1) is 15.5. The van der Waals surface area contributed by atoms with E-state index in [1.54, 1.807) is 0 Å². The van der Waals surface area contributed by atoms with Crippen molar-refractivity contribution in [2.45, 2.75) is 70.5 Å². The molecule has 0 aromatic heterocycles. The van der Waals surface area contributed by atoms with Crippen LogP contribution in [0.5, 0.6) is 0 Å². The van der Waals surface area contributed by atoms with Gasteiger partial charge in [0.05, 0.1) is 8.80 Å². The van der Waals surface area contributed by atoms with Gasteiger partial charge in [-0.3, -0.25) is 0 Å². The molecule has 0 bridgehead atoms. The standard InChI is InChI=1S/C17H29Si/c1-7-14(3)18(15(4)8-2)17(5,6)16-12-10-9-11-13-16/h9-15H,7-8H2,1-6H3. The Balaban J connectivity index is 3.11. The molecular weight excluding hydrogens is 232 g/mol. The largest absolute Gasteiger partial charge is 0.0656 e. The molecule has 0 nitrogen and oxygen atoms in total. The molecule has 1 aromatic rings. The monoisotopic (exact) mass is 261 g/mol. The maximum atomic E-state index is 2.47. The van der Waals surface area contributed by atoms with E-state index < -0.39 is 8.80 Å². The summed E-state index contributed by atoms with van der Waals surface area (Å²) in [5.41, 5.74) is 3.28. The van der Waals surface area contributed by atoms with Crippen LogP contribution in [0.1, 0.15) is 59.9 Å². The summed E-state index contributed by atoms with van der Waals surface area (Å²) in [6.45, 7) is 14.6. The Kier molecular flexibility index (Phi) is 5.65. The van der Waals surface area contributed by atoms with Gasteiger partial charge in [0.1, 0.15) is 0 Å². The fraction of sp³-hybridized carbons (Fsp3) is 0.647. The van der Waals surface area contributed by atoms with E-state index in [-0.39, 0.29) is 0 Å². The van der Waals surface area contributed by atoms with E-state index in [0.29, 0.717) is 5.04 Å². The zero-order valence-corrected chi connectivity index (χ0v) is 14.0. The molecule has 1 rings (SSSR count). The molecule has 0 amide bonds. The molecule has 0 N–H and O–H groups in total. The molecule has 2 unspecified atom stereocenters. The van der Waals surface area contributed by atoms with Crippen LogP contribution in [0.25, 0.3) is 0 Å². The highest BCUT2D eigenvalue weighted by Gasteiger charge is 2.38. The van der Waals surface area contributed by atoms with E-state index in [4.69, 9.17) is 0 Å². The molecule has 0 saturated heterocycles. The van der Waals surface area contributed by atoms with Gasteiger partial charge < -0.3 is 0 Å². The summed E-state index contributed by atoms with van der Waals surface area (Å²) in [7, 11) is -0.430. The average Bonchev–Trinajstić information content (AvgIpc) is 2.39. The highest BCUT2D eigenvalue weighted by molar-refractivity contribution is 6.65. The zero-order valence-electron chi connectivity index (χ0n) is 13.0. The van der Waals surface area contributed by atoms with Gasteiger partial charge in [0.25, 0.3) is 0 Å². The molecule has 0 aliphatic rings. The summed E-state index contributed by atoms with van der Waals surface area (Å²) in [4.78, 5) is 0. The van der Waals surface area contributed by atoms with Gasteiger partial charge in [-0.1, -0.05) is 84.7 Å². The van der Waals surface area contributed by atoms with Crippen molar-refractivity contribution in [3.05, 3.63) is 35.9 Å². The van der Waals surface area contributed by atoms with Crippen LogP contribution in [0.3, 0.4) is 0 Å². The maximum Gasteiger partial charge on any atom is 0.0656 e. The molecular formula is C17H29Si. The Hall–Kier alpha value is -0.563. The summed E-state index contributed by atoms with van der Waals surface area (Å²) in [5.74, 6) is 0. The van der Waals surface area contributed by atoms with Crippen LogP contribution in [0.2, 0.25) is 11.1 Å². The van der Waals surface area contributed by atoms with Crippen molar-refractivity contribution in [2.24, 2.45) is 0 Å². The highest BCUT2D eigenvalue weighted by atomic mass is 28.3. The van der Waals surface area contributed by atoms with Crippen LogP contribution in [-0.4, -0.2) is 8.80 Å². The third-order valence-corrected chi connectivity index (χ3v) is 9.18. The van der Waals surface area contributed by atoms with Gasteiger partial charge in [-0.25, -0.2) is 0 Å². The topological polar surface area (TPSA) is 0 Å². The van der Waals surface area contributed by atoms with Crippen molar-refractivity contribution in [1.29, 1.82) is 0 Å². The SMILES string of the molecule is CCC(C)[Si](C(C)CC)C(C)(C)c1ccccc1. The molecule has 1 aromatic carbocycles. The van der Waals surface area contributed by atoms with Crippen molar-refractivity contribution in [3.63, 3.8) is 0 Å². The third-order valence-electron chi connectivity index (χ3n) is 4.50. The minimum Gasteiger partial charge on any atom is -0.0654 e. The first-order valence-corrected chi connectivity index (χ1v) is 9.03. The van der Waals surface area contributed by atoms with Gasteiger partial charge in [0.15, 0.2) is 0 Å². The van der Waals surface area contributed by atoms with Crippen LogP contribution in [0.4, 0.5) is 0 Å². The number of benzene rings is 1. The Morgan fingerprint density at radius 3 is 1.78 bits per heavy atom. The lowest BCUT2D eigenvalue weighted by molar-refractivity contribution is 0.650. The molecule has 0 aliphatic heterocycles. The molecule has 0 fully saturated rings. The molecule has 0 saturated carbocycles.